The Morgan fingerprint density at radius 3 is 2.95 bits per heavy atom. The highest BCUT2D eigenvalue weighted by molar-refractivity contribution is 7.99. The van der Waals surface area contributed by atoms with Gasteiger partial charge in [-0.25, -0.2) is 4.98 Å². The summed E-state index contributed by atoms with van der Waals surface area (Å²) in [5.74, 6) is 3.21. The molecule has 21 heavy (non-hydrogen) atoms. The number of thiazole rings is 1. The normalized spacial score (nSPS) is 26.9. The molecule has 0 aromatic carbocycles. The fourth-order valence-electron chi connectivity index (χ4n) is 3.74. The van der Waals surface area contributed by atoms with Crippen LogP contribution in [0.25, 0.3) is 0 Å². The summed E-state index contributed by atoms with van der Waals surface area (Å²) in [6.07, 6.45) is 4.84. The maximum atomic E-state index is 6.26. The SMILES string of the molecule is CCNC(c1scnc1C)C1CCOC2(CCSCC2)C1. The van der Waals surface area contributed by atoms with Gasteiger partial charge >= 0.3 is 0 Å². The van der Waals surface area contributed by atoms with E-state index in [9.17, 15) is 0 Å². The first kappa shape index (κ1) is 15.8. The first-order valence-electron chi connectivity index (χ1n) is 8.09. The van der Waals surface area contributed by atoms with Gasteiger partial charge in [0.25, 0.3) is 0 Å². The van der Waals surface area contributed by atoms with Gasteiger partial charge in [-0.15, -0.1) is 11.3 Å². The third-order valence-electron chi connectivity index (χ3n) is 4.90. The van der Waals surface area contributed by atoms with E-state index in [1.165, 1.54) is 47.8 Å². The van der Waals surface area contributed by atoms with E-state index in [1.54, 1.807) is 0 Å². The van der Waals surface area contributed by atoms with Gasteiger partial charge < -0.3 is 10.1 Å². The van der Waals surface area contributed by atoms with Crippen molar-refractivity contribution in [3.05, 3.63) is 16.1 Å². The predicted molar refractivity (Wildman–Crippen MR) is 91.2 cm³/mol. The fourth-order valence-corrected chi connectivity index (χ4v) is 5.95. The van der Waals surface area contributed by atoms with E-state index in [4.69, 9.17) is 4.74 Å². The lowest BCUT2D eigenvalue weighted by Crippen LogP contribution is -2.45. The highest BCUT2D eigenvalue weighted by atomic mass is 32.2. The van der Waals surface area contributed by atoms with Crippen molar-refractivity contribution in [3.8, 4) is 0 Å². The molecule has 2 unspecified atom stereocenters. The standard InChI is InChI=1S/C16H26N2OS2/c1-3-17-14(15-12(2)18-11-21-15)13-4-7-19-16(10-13)5-8-20-9-6-16/h11,13-14,17H,3-10H2,1-2H3. The molecule has 5 heteroatoms. The van der Waals surface area contributed by atoms with Crippen LogP contribution in [-0.4, -0.2) is 35.2 Å². The molecule has 0 saturated carbocycles. The van der Waals surface area contributed by atoms with Crippen LogP contribution in [0.15, 0.2) is 5.51 Å². The average Bonchev–Trinajstić information content (AvgIpc) is 2.91. The summed E-state index contributed by atoms with van der Waals surface area (Å²) >= 11 is 3.89. The van der Waals surface area contributed by atoms with Gasteiger partial charge in [-0.05, 0) is 56.6 Å². The van der Waals surface area contributed by atoms with Crippen molar-refractivity contribution in [2.75, 3.05) is 24.7 Å². The third kappa shape index (κ3) is 3.46. The molecular formula is C16H26N2OS2. The number of thioether (sulfide) groups is 1. The van der Waals surface area contributed by atoms with Crippen molar-refractivity contribution in [2.24, 2.45) is 5.92 Å². The molecule has 0 bridgehead atoms. The largest absolute Gasteiger partial charge is 0.375 e. The van der Waals surface area contributed by atoms with Gasteiger partial charge in [-0.3, -0.25) is 0 Å². The summed E-state index contributed by atoms with van der Waals surface area (Å²) in [5.41, 5.74) is 3.35. The fraction of sp³-hybridized carbons (Fsp3) is 0.812. The van der Waals surface area contributed by atoms with Crippen LogP contribution in [0.4, 0.5) is 0 Å². The highest BCUT2D eigenvalue weighted by Crippen LogP contribution is 2.44. The van der Waals surface area contributed by atoms with Crippen LogP contribution in [0.2, 0.25) is 0 Å². The molecule has 2 atom stereocenters. The maximum Gasteiger partial charge on any atom is 0.0798 e. The van der Waals surface area contributed by atoms with Gasteiger partial charge in [0, 0.05) is 17.5 Å². The van der Waals surface area contributed by atoms with E-state index in [1.807, 2.05) is 16.8 Å². The molecule has 0 amide bonds. The minimum Gasteiger partial charge on any atom is -0.375 e. The van der Waals surface area contributed by atoms with Gasteiger partial charge in [0.05, 0.1) is 16.8 Å². The Bertz CT molecular complexity index is 451. The number of rotatable bonds is 4. The lowest BCUT2D eigenvalue weighted by molar-refractivity contribution is -0.107. The molecule has 0 aliphatic carbocycles. The van der Waals surface area contributed by atoms with E-state index < -0.39 is 0 Å². The molecule has 3 rings (SSSR count). The molecule has 2 fully saturated rings. The number of aromatic nitrogens is 1. The Balaban J connectivity index is 1.77. The van der Waals surface area contributed by atoms with Crippen molar-refractivity contribution in [1.29, 1.82) is 0 Å². The van der Waals surface area contributed by atoms with Crippen molar-refractivity contribution in [1.82, 2.24) is 10.3 Å². The summed E-state index contributed by atoms with van der Waals surface area (Å²) in [4.78, 5) is 5.90. The Morgan fingerprint density at radius 2 is 2.29 bits per heavy atom. The Hall–Kier alpha value is -0.100. The van der Waals surface area contributed by atoms with Crippen LogP contribution in [0.3, 0.4) is 0 Å². The number of nitrogens with zero attached hydrogens (tertiary/aromatic N) is 1. The molecule has 3 nitrogen and oxygen atoms in total. The van der Waals surface area contributed by atoms with Crippen LogP contribution in [0.5, 0.6) is 0 Å². The lowest BCUT2D eigenvalue weighted by atomic mass is 9.78. The van der Waals surface area contributed by atoms with E-state index in [-0.39, 0.29) is 5.60 Å². The molecule has 3 heterocycles. The zero-order valence-corrected chi connectivity index (χ0v) is 14.7. The molecule has 118 valence electrons. The van der Waals surface area contributed by atoms with Gasteiger partial charge in [0.1, 0.15) is 0 Å². The van der Waals surface area contributed by atoms with Gasteiger partial charge in [-0.1, -0.05) is 6.92 Å². The second-order valence-electron chi connectivity index (χ2n) is 6.23. The van der Waals surface area contributed by atoms with Crippen LogP contribution in [0, 0.1) is 12.8 Å². The first-order valence-corrected chi connectivity index (χ1v) is 10.1. The number of aryl methyl sites for hydroxylation is 1. The summed E-state index contributed by atoms with van der Waals surface area (Å²) in [6.45, 7) is 6.29. The molecule has 2 saturated heterocycles. The molecule has 2 aliphatic heterocycles. The quantitative estimate of drug-likeness (QED) is 0.913. The second kappa shape index (κ2) is 6.99. The topological polar surface area (TPSA) is 34.2 Å². The molecule has 1 N–H and O–H groups in total. The first-order chi connectivity index (χ1) is 10.2. The summed E-state index contributed by atoms with van der Waals surface area (Å²) in [7, 11) is 0. The minimum atomic E-state index is 0.167. The van der Waals surface area contributed by atoms with E-state index in [0.717, 1.165) is 13.2 Å². The van der Waals surface area contributed by atoms with E-state index in [2.05, 4.69) is 35.9 Å². The van der Waals surface area contributed by atoms with Crippen molar-refractivity contribution in [3.63, 3.8) is 0 Å². The molecule has 1 aromatic heterocycles. The van der Waals surface area contributed by atoms with Crippen LogP contribution >= 0.6 is 23.1 Å². The second-order valence-corrected chi connectivity index (χ2v) is 8.35. The zero-order chi connectivity index (χ0) is 14.7. The predicted octanol–water partition coefficient (Wildman–Crippen LogP) is 3.79. The lowest BCUT2D eigenvalue weighted by Gasteiger charge is -2.45. The van der Waals surface area contributed by atoms with Gasteiger partial charge in [0.2, 0.25) is 0 Å². The van der Waals surface area contributed by atoms with Crippen molar-refractivity contribution < 1.29 is 4.74 Å². The highest BCUT2D eigenvalue weighted by Gasteiger charge is 2.41. The zero-order valence-electron chi connectivity index (χ0n) is 13.1. The molecule has 2 aliphatic rings. The number of hydrogen-bond acceptors (Lipinski definition) is 5. The smallest absolute Gasteiger partial charge is 0.0798 e. The summed E-state index contributed by atoms with van der Waals surface area (Å²) < 4.78 is 6.26. The summed E-state index contributed by atoms with van der Waals surface area (Å²) in [6, 6.07) is 0.456. The van der Waals surface area contributed by atoms with Crippen LogP contribution in [0.1, 0.15) is 49.2 Å². The van der Waals surface area contributed by atoms with E-state index >= 15 is 0 Å². The number of hydrogen-bond donors (Lipinski definition) is 1. The molecule has 1 aromatic rings. The minimum absolute atomic E-state index is 0.167. The molecule has 1 spiro atoms. The van der Waals surface area contributed by atoms with Gasteiger partial charge in [0.15, 0.2) is 0 Å². The Labute approximate surface area is 136 Å². The molecular weight excluding hydrogens is 300 g/mol. The average molecular weight is 327 g/mol. The van der Waals surface area contributed by atoms with Gasteiger partial charge in [-0.2, -0.15) is 11.8 Å². The van der Waals surface area contributed by atoms with Crippen molar-refractivity contribution in [2.45, 2.75) is 51.2 Å². The Kier molecular flexibility index (Phi) is 5.25. The Morgan fingerprint density at radius 1 is 1.48 bits per heavy atom. The summed E-state index contributed by atoms with van der Waals surface area (Å²) in [5, 5.41) is 3.73. The monoisotopic (exact) mass is 326 g/mol. The number of ether oxygens (including phenoxy) is 1. The van der Waals surface area contributed by atoms with E-state index in [0.29, 0.717) is 12.0 Å². The van der Waals surface area contributed by atoms with Crippen molar-refractivity contribution >= 4 is 23.1 Å². The van der Waals surface area contributed by atoms with Crippen LogP contribution < -0.4 is 5.32 Å². The maximum absolute atomic E-state index is 6.26. The third-order valence-corrected chi connectivity index (χ3v) is 6.90. The number of nitrogens with one attached hydrogen (secondary N) is 1. The molecule has 0 radical (unpaired) electrons. The van der Waals surface area contributed by atoms with Crippen LogP contribution in [-0.2, 0) is 4.74 Å².